The smallest absolute Gasteiger partial charge is 0.153 e. The van der Waals surface area contributed by atoms with Crippen LogP contribution in [0.25, 0.3) is 5.57 Å². The Labute approximate surface area is 113 Å². The number of hydrogen-bond acceptors (Lipinski definition) is 3. The fourth-order valence-corrected chi connectivity index (χ4v) is 3.27. The van der Waals surface area contributed by atoms with E-state index in [1.807, 2.05) is 0 Å². The number of aromatic amines is 1. The molecule has 1 aliphatic carbocycles. The number of hydrogen-bond donors (Lipinski definition) is 1. The lowest BCUT2D eigenvalue weighted by molar-refractivity contribution is -0.0888. The molecular formula is C15H20N2O2. The van der Waals surface area contributed by atoms with Gasteiger partial charge in [0.25, 0.3) is 0 Å². The lowest BCUT2D eigenvalue weighted by atomic mass is 9.82. The van der Waals surface area contributed by atoms with Gasteiger partial charge in [0.1, 0.15) is 0 Å². The summed E-state index contributed by atoms with van der Waals surface area (Å²) in [5, 5.41) is 6.96. The third kappa shape index (κ3) is 2.25. The van der Waals surface area contributed by atoms with Crippen LogP contribution in [0.4, 0.5) is 0 Å². The first kappa shape index (κ1) is 12.6. The Morgan fingerprint density at radius 2 is 2.21 bits per heavy atom. The molecule has 0 saturated carbocycles. The minimum absolute atomic E-state index is 0.00559. The van der Waals surface area contributed by atoms with Crippen LogP contribution < -0.4 is 0 Å². The van der Waals surface area contributed by atoms with Gasteiger partial charge in [-0.15, -0.1) is 0 Å². The van der Waals surface area contributed by atoms with Crippen LogP contribution >= 0.6 is 0 Å². The standard InChI is InChI=1S/C15H20N2O2/c1-14(2)7-8-15(19-14)5-3-11(4-6-15)13-12(10-18)9-16-17-13/h3,9-10H,4-8H2,1-2H3,(H,16,17). The van der Waals surface area contributed by atoms with E-state index in [1.54, 1.807) is 6.20 Å². The van der Waals surface area contributed by atoms with Crippen LogP contribution in [0.3, 0.4) is 0 Å². The van der Waals surface area contributed by atoms with Gasteiger partial charge in [-0.25, -0.2) is 0 Å². The first-order valence-electron chi connectivity index (χ1n) is 6.92. The SMILES string of the molecule is CC1(C)CCC2(CC=C(c3n[nH]cc3C=O)CC2)O1. The van der Waals surface area contributed by atoms with Crippen LogP contribution in [0.2, 0.25) is 0 Å². The maximum Gasteiger partial charge on any atom is 0.153 e. The second-order valence-electron chi connectivity index (χ2n) is 6.29. The van der Waals surface area contributed by atoms with Crippen molar-refractivity contribution in [3.63, 3.8) is 0 Å². The summed E-state index contributed by atoms with van der Waals surface area (Å²) in [6.45, 7) is 4.33. The molecule has 2 heterocycles. The topological polar surface area (TPSA) is 55.0 Å². The molecule has 2 aliphatic rings. The number of allylic oxidation sites excluding steroid dienone is 1. The molecule has 1 aliphatic heterocycles. The van der Waals surface area contributed by atoms with E-state index in [1.165, 1.54) is 5.57 Å². The molecule has 4 heteroatoms. The normalized spacial score (nSPS) is 29.5. The van der Waals surface area contributed by atoms with E-state index >= 15 is 0 Å². The zero-order chi connectivity index (χ0) is 13.5. The predicted molar refractivity (Wildman–Crippen MR) is 72.9 cm³/mol. The van der Waals surface area contributed by atoms with E-state index in [9.17, 15) is 4.79 Å². The number of ether oxygens (including phenoxy) is 1. The lowest BCUT2D eigenvalue weighted by Gasteiger charge is -2.34. The number of carbonyl (C=O) groups is 1. The Morgan fingerprint density at radius 3 is 2.79 bits per heavy atom. The van der Waals surface area contributed by atoms with Crippen LogP contribution in [0, 0.1) is 0 Å². The van der Waals surface area contributed by atoms with E-state index in [0.29, 0.717) is 5.56 Å². The molecule has 0 bridgehead atoms. The number of nitrogens with zero attached hydrogens (tertiary/aromatic N) is 1. The molecule has 102 valence electrons. The molecule has 0 radical (unpaired) electrons. The van der Waals surface area contributed by atoms with Gasteiger partial charge < -0.3 is 4.74 Å². The summed E-state index contributed by atoms with van der Waals surface area (Å²) in [4.78, 5) is 11.0. The first-order chi connectivity index (χ1) is 9.04. The molecular weight excluding hydrogens is 240 g/mol. The maximum atomic E-state index is 11.0. The number of rotatable bonds is 2. The van der Waals surface area contributed by atoms with Crippen LogP contribution in [0.1, 0.15) is 62.0 Å². The highest BCUT2D eigenvalue weighted by molar-refractivity contribution is 5.83. The van der Waals surface area contributed by atoms with Crippen molar-refractivity contribution in [1.82, 2.24) is 10.2 Å². The maximum absolute atomic E-state index is 11.0. The zero-order valence-corrected chi connectivity index (χ0v) is 11.5. The van der Waals surface area contributed by atoms with Crippen LogP contribution in [0.5, 0.6) is 0 Å². The van der Waals surface area contributed by atoms with Gasteiger partial charge in [-0.05, 0) is 51.5 Å². The van der Waals surface area contributed by atoms with Gasteiger partial charge in [-0.3, -0.25) is 9.89 Å². The van der Waals surface area contributed by atoms with Crippen LogP contribution in [0.15, 0.2) is 12.3 Å². The van der Waals surface area contributed by atoms with Gasteiger partial charge >= 0.3 is 0 Å². The minimum atomic E-state index is 0.00559. The molecule has 1 atom stereocenters. The number of aldehydes is 1. The summed E-state index contributed by atoms with van der Waals surface area (Å²) in [5.41, 5.74) is 2.65. The van der Waals surface area contributed by atoms with E-state index in [0.717, 1.165) is 44.1 Å². The minimum Gasteiger partial charge on any atom is -0.369 e. The summed E-state index contributed by atoms with van der Waals surface area (Å²) in [7, 11) is 0. The van der Waals surface area contributed by atoms with Crippen molar-refractivity contribution in [2.45, 2.75) is 57.2 Å². The fraction of sp³-hybridized carbons (Fsp3) is 0.600. The molecule has 19 heavy (non-hydrogen) atoms. The summed E-state index contributed by atoms with van der Waals surface area (Å²) < 4.78 is 6.26. The van der Waals surface area contributed by atoms with Crippen molar-refractivity contribution in [2.75, 3.05) is 0 Å². The van der Waals surface area contributed by atoms with Crippen molar-refractivity contribution in [3.8, 4) is 0 Å². The Bertz CT molecular complexity index is 530. The number of aromatic nitrogens is 2. The molecule has 1 spiro atoms. The second-order valence-corrected chi connectivity index (χ2v) is 6.29. The first-order valence-corrected chi connectivity index (χ1v) is 6.92. The Balaban J connectivity index is 1.80. The summed E-state index contributed by atoms with van der Waals surface area (Å²) in [6.07, 6.45) is 9.85. The number of nitrogens with one attached hydrogen (secondary N) is 1. The van der Waals surface area contributed by atoms with Crippen molar-refractivity contribution in [2.24, 2.45) is 0 Å². The highest BCUT2D eigenvalue weighted by atomic mass is 16.5. The third-order valence-corrected chi connectivity index (χ3v) is 4.35. The van der Waals surface area contributed by atoms with Crippen molar-refractivity contribution >= 4 is 11.9 Å². The van der Waals surface area contributed by atoms with Gasteiger partial charge in [0.2, 0.25) is 0 Å². The van der Waals surface area contributed by atoms with Crippen molar-refractivity contribution < 1.29 is 9.53 Å². The molecule has 1 N–H and O–H groups in total. The average Bonchev–Trinajstić information content (AvgIpc) is 2.96. The third-order valence-electron chi connectivity index (χ3n) is 4.35. The fourth-order valence-electron chi connectivity index (χ4n) is 3.27. The van der Waals surface area contributed by atoms with Gasteiger partial charge in [-0.2, -0.15) is 5.10 Å². The van der Waals surface area contributed by atoms with Crippen molar-refractivity contribution in [1.29, 1.82) is 0 Å². The molecule has 3 rings (SSSR count). The summed E-state index contributed by atoms with van der Waals surface area (Å²) >= 11 is 0. The molecule has 1 unspecified atom stereocenters. The average molecular weight is 260 g/mol. The van der Waals surface area contributed by atoms with Gasteiger partial charge in [0.05, 0.1) is 22.5 Å². The second kappa shape index (κ2) is 4.30. The molecule has 1 fully saturated rings. The molecule has 4 nitrogen and oxygen atoms in total. The molecule has 1 saturated heterocycles. The number of carbonyl (C=O) groups excluding carboxylic acids is 1. The van der Waals surface area contributed by atoms with Gasteiger partial charge in [0, 0.05) is 6.20 Å². The Kier molecular flexibility index (Phi) is 2.86. The predicted octanol–water partition coefficient (Wildman–Crippen LogP) is 3.12. The molecule has 1 aromatic rings. The highest BCUT2D eigenvalue weighted by Crippen LogP contribution is 2.46. The van der Waals surface area contributed by atoms with E-state index in [2.05, 4.69) is 30.1 Å². The largest absolute Gasteiger partial charge is 0.369 e. The Morgan fingerprint density at radius 1 is 1.37 bits per heavy atom. The quantitative estimate of drug-likeness (QED) is 0.831. The van der Waals surface area contributed by atoms with E-state index in [4.69, 9.17) is 4.74 Å². The summed E-state index contributed by atoms with van der Waals surface area (Å²) in [5.74, 6) is 0. The monoisotopic (exact) mass is 260 g/mol. The molecule has 0 aromatic carbocycles. The summed E-state index contributed by atoms with van der Waals surface area (Å²) in [6, 6.07) is 0. The lowest BCUT2D eigenvalue weighted by Crippen LogP contribution is -2.33. The van der Waals surface area contributed by atoms with Crippen molar-refractivity contribution in [3.05, 3.63) is 23.5 Å². The molecule has 0 amide bonds. The van der Waals surface area contributed by atoms with Crippen LogP contribution in [-0.2, 0) is 4.74 Å². The highest BCUT2D eigenvalue weighted by Gasteiger charge is 2.44. The van der Waals surface area contributed by atoms with E-state index < -0.39 is 0 Å². The Hall–Kier alpha value is -1.42. The van der Waals surface area contributed by atoms with E-state index in [-0.39, 0.29) is 11.2 Å². The number of H-pyrrole nitrogens is 1. The van der Waals surface area contributed by atoms with Gasteiger partial charge in [0.15, 0.2) is 6.29 Å². The molecule has 1 aromatic heterocycles. The van der Waals surface area contributed by atoms with Gasteiger partial charge in [-0.1, -0.05) is 6.08 Å². The van der Waals surface area contributed by atoms with Crippen LogP contribution in [-0.4, -0.2) is 27.7 Å². The zero-order valence-electron chi connectivity index (χ0n) is 11.5.